The zero-order valence-electron chi connectivity index (χ0n) is 17.8. The molecule has 0 fully saturated rings. The van der Waals surface area contributed by atoms with Crippen LogP contribution in [0.1, 0.15) is 30.0 Å². The number of halogens is 1. The van der Waals surface area contributed by atoms with E-state index in [1.165, 1.54) is 11.8 Å². The van der Waals surface area contributed by atoms with E-state index in [-0.39, 0.29) is 24.1 Å². The molecule has 2 N–H and O–H groups in total. The van der Waals surface area contributed by atoms with Crippen LogP contribution in [0.25, 0.3) is 0 Å². The average Bonchev–Trinajstić information content (AvgIpc) is 3.19. The molecule has 10 heteroatoms. The first-order valence-electron chi connectivity index (χ1n) is 10.1. The van der Waals surface area contributed by atoms with Crippen LogP contribution in [-0.4, -0.2) is 38.9 Å². The fraction of sp³-hybridized carbons (Fsp3) is 0.273. The highest BCUT2D eigenvalue weighted by molar-refractivity contribution is 9.10. The van der Waals surface area contributed by atoms with Crippen molar-refractivity contribution in [3.63, 3.8) is 0 Å². The monoisotopic (exact) mass is 517 g/mol. The molecule has 0 aliphatic carbocycles. The van der Waals surface area contributed by atoms with Crippen molar-refractivity contribution in [3.8, 4) is 5.75 Å². The van der Waals surface area contributed by atoms with Gasteiger partial charge in [-0.05, 0) is 54.0 Å². The second-order valence-corrected chi connectivity index (χ2v) is 8.37. The molecule has 0 atom stereocenters. The number of carbonyl (C=O) groups excluding carboxylic acids is 2. The third-order valence-electron chi connectivity index (χ3n) is 4.43. The number of amides is 2. The first-order valence-corrected chi connectivity index (χ1v) is 11.9. The lowest BCUT2D eigenvalue weighted by molar-refractivity contribution is -0.113. The molecule has 1 heterocycles. The van der Waals surface area contributed by atoms with Crippen molar-refractivity contribution < 1.29 is 14.3 Å². The molecule has 0 saturated heterocycles. The van der Waals surface area contributed by atoms with E-state index in [0.29, 0.717) is 41.1 Å². The summed E-state index contributed by atoms with van der Waals surface area (Å²) < 4.78 is 8.15. The number of thioether (sulfide) groups is 1. The zero-order chi connectivity index (χ0) is 22.9. The number of ether oxygens (including phenoxy) is 1. The number of carbonyl (C=O) groups is 2. The van der Waals surface area contributed by atoms with E-state index in [2.05, 4.69) is 36.8 Å². The normalized spacial score (nSPS) is 10.6. The highest BCUT2D eigenvalue weighted by Gasteiger charge is 2.16. The molecule has 0 aliphatic heterocycles. The molecule has 0 saturated carbocycles. The van der Waals surface area contributed by atoms with Crippen LogP contribution in [-0.2, 0) is 17.9 Å². The Labute approximate surface area is 199 Å². The SMILES string of the molecule is CCOc1ccccc1NC(=O)CSc1nnc(CNC(=O)c2ccccc2Br)n1CC. The van der Waals surface area contributed by atoms with Crippen LogP contribution in [0.4, 0.5) is 5.69 Å². The number of hydrogen-bond donors (Lipinski definition) is 2. The number of rotatable bonds is 10. The van der Waals surface area contributed by atoms with Gasteiger partial charge in [0.05, 0.1) is 30.2 Å². The van der Waals surface area contributed by atoms with Crippen LogP contribution in [0.2, 0.25) is 0 Å². The van der Waals surface area contributed by atoms with Crippen LogP contribution in [0, 0.1) is 0 Å². The summed E-state index contributed by atoms with van der Waals surface area (Å²) in [5.41, 5.74) is 1.18. The molecule has 0 radical (unpaired) electrons. The molecule has 3 rings (SSSR count). The van der Waals surface area contributed by atoms with E-state index in [0.717, 1.165) is 4.47 Å². The number of para-hydroxylation sites is 2. The van der Waals surface area contributed by atoms with Crippen LogP contribution in [0.5, 0.6) is 5.75 Å². The number of anilines is 1. The van der Waals surface area contributed by atoms with Gasteiger partial charge >= 0.3 is 0 Å². The van der Waals surface area contributed by atoms with Gasteiger partial charge in [-0.3, -0.25) is 9.59 Å². The van der Waals surface area contributed by atoms with Gasteiger partial charge in [-0.25, -0.2) is 0 Å². The summed E-state index contributed by atoms with van der Waals surface area (Å²) in [6, 6.07) is 14.5. The van der Waals surface area contributed by atoms with Crippen molar-refractivity contribution in [1.82, 2.24) is 20.1 Å². The minimum atomic E-state index is -0.204. The molecule has 1 aromatic heterocycles. The summed E-state index contributed by atoms with van der Waals surface area (Å²) in [4.78, 5) is 24.9. The standard InChI is InChI=1S/C22H24BrN5O3S/c1-3-28-19(13-24-21(30)15-9-5-6-10-16(15)23)26-27-22(28)32-14-20(29)25-17-11-7-8-12-18(17)31-4-2/h5-12H,3-4,13-14H2,1-2H3,(H,24,30)(H,25,29). The van der Waals surface area contributed by atoms with Gasteiger partial charge < -0.3 is 19.9 Å². The van der Waals surface area contributed by atoms with E-state index in [1.54, 1.807) is 18.2 Å². The topological polar surface area (TPSA) is 98.1 Å². The lowest BCUT2D eigenvalue weighted by Gasteiger charge is -2.11. The van der Waals surface area contributed by atoms with Crippen molar-refractivity contribution in [2.45, 2.75) is 32.1 Å². The Hall–Kier alpha value is -2.85. The summed E-state index contributed by atoms with van der Waals surface area (Å²) in [5.74, 6) is 1.05. The number of nitrogens with one attached hydrogen (secondary N) is 2. The summed E-state index contributed by atoms with van der Waals surface area (Å²) in [6.45, 7) is 5.22. The number of aromatic nitrogens is 3. The number of benzene rings is 2. The Morgan fingerprint density at radius 2 is 1.84 bits per heavy atom. The molecule has 0 aliphatic rings. The highest BCUT2D eigenvalue weighted by Crippen LogP contribution is 2.24. The zero-order valence-corrected chi connectivity index (χ0v) is 20.2. The van der Waals surface area contributed by atoms with Gasteiger partial charge in [-0.15, -0.1) is 10.2 Å². The minimum Gasteiger partial charge on any atom is -0.492 e. The molecule has 168 valence electrons. The lowest BCUT2D eigenvalue weighted by Crippen LogP contribution is -2.25. The largest absolute Gasteiger partial charge is 0.492 e. The van der Waals surface area contributed by atoms with Crippen molar-refractivity contribution >= 4 is 45.2 Å². The minimum absolute atomic E-state index is 0.169. The predicted octanol–water partition coefficient (Wildman–Crippen LogP) is 4.12. The summed E-state index contributed by atoms with van der Waals surface area (Å²) in [5, 5.41) is 14.7. The van der Waals surface area contributed by atoms with Crippen LogP contribution >= 0.6 is 27.7 Å². The Balaban J connectivity index is 1.58. The van der Waals surface area contributed by atoms with Gasteiger partial charge in [0.1, 0.15) is 5.75 Å². The van der Waals surface area contributed by atoms with Gasteiger partial charge in [0.15, 0.2) is 11.0 Å². The smallest absolute Gasteiger partial charge is 0.252 e. The Bertz CT molecular complexity index is 1090. The van der Waals surface area contributed by atoms with Gasteiger partial charge in [-0.1, -0.05) is 36.0 Å². The van der Waals surface area contributed by atoms with Crippen molar-refractivity contribution in [2.24, 2.45) is 0 Å². The third-order valence-corrected chi connectivity index (χ3v) is 6.09. The predicted molar refractivity (Wildman–Crippen MR) is 128 cm³/mol. The van der Waals surface area contributed by atoms with Crippen LogP contribution in [0.15, 0.2) is 58.2 Å². The lowest BCUT2D eigenvalue weighted by atomic mass is 10.2. The second kappa shape index (κ2) is 11.7. The second-order valence-electron chi connectivity index (χ2n) is 6.57. The third kappa shape index (κ3) is 6.10. The highest BCUT2D eigenvalue weighted by atomic mass is 79.9. The molecule has 0 bridgehead atoms. The van der Waals surface area contributed by atoms with Gasteiger partial charge in [0.25, 0.3) is 5.91 Å². The molecular weight excluding hydrogens is 494 g/mol. The van der Waals surface area contributed by atoms with Crippen molar-refractivity contribution in [2.75, 3.05) is 17.7 Å². The summed E-state index contributed by atoms with van der Waals surface area (Å²) in [7, 11) is 0. The molecule has 32 heavy (non-hydrogen) atoms. The molecular formula is C22H24BrN5O3S. The maximum Gasteiger partial charge on any atom is 0.252 e. The first kappa shape index (κ1) is 23.8. The molecule has 2 aromatic carbocycles. The molecule has 0 unspecified atom stereocenters. The Morgan fingerprint density at radius 1 is 1.09 bits per heavy atom. The van der Waals surface area contributed by atoms with Crippen LogP contribution < -0.4 is 15.4 Å². The first-order chi connectivity index (χ1) is 15.5. The quantitative estimate of drug-likeness (QED) is 0.392. The average molecular weight is 518 g/mol. The fourth-order valence-electron chi connectivity index (χ4n) is 2.94. The maximum absolute atomic E-state index is 12.4. The number of hydrogen-bond acceptors (Lipinski definition) is 6. The molecule has 3 aromatic rings. The molecule has 8 nitrogen and oxygen atoms in total. The Kier molecular flexibility index (Phi) is 8.69. The van der Waals surface area contributed by atoms with Gasteiger partial charge in [-0.2, -0.15) is 0 Å². The van der Waals surface area contributed by atoms with Crippen molar-refractivity contribution in [3.05, 3.63) is 64.4 Å². The van der Waals surface area contributed by atoms with E-state index in [1.807, 2.05) is 48.7 Å². The van der Waals surface area contributed by atoms with E-state index in [4.69, 9.17) is 4.74 Å². The Morgan fingerprint density at radius 3 is 2.59 bits per heavy atom. The fourth-order valence-corrected chi connectivity index (χ4v) is 4.23. The van der Waals surface area contributed by atoms with E-state index >= 15 is 0 Å². The maximum atomic E-state index is 12.4. The molecule has 2 amide bonds. The van der Waals surface area contributed by atoms with Crippen LogP contribution in [0.3, 0.4) is 0 Å². The van der Waals surface area contributed by atoms with E-state index < -0.39 is 0 Å². The molecule has 0 spiro atoms. The summed E-state index contributed by atoms with van der Waals surface area (Å²) in [6.07, 6.45) is 0. The van der Waals surface area contributed by atoms with Crippen molar-refractivity contribution in [1.29, 1.82) is 0 Å². The summed E-state index contributed by atoms with van der Waals surface area (Å²) >= 11 is 4.67. The number of nitrogens with zero attached hydrogens (tertiary/aromatic N) is 3. The van der Waals surface area contributed by atoms with E-state index in [9.17, 15) is 9.59 Å². The van der Waals surface area contributed by atoms with Gasteiger partial charge in [0, 0.05) is 11.0 Å². The van der Waals surface area contributed by atoms with Gasteiger partial charge in [0.2, 0.25) is 5.91 Å².